The molecule has 1 unspecified atom stereocenters. The lowest BCUT2D eigenvalue weighted by molar-refractivity contribution is 0.186. The Bertz CT molecular complexity index is 957. The minimum absolute atomic E-state index is 0.0900. The Morgan fingerprint density at radius 3 is 2.89 bits per heavy atom. The SMILES string of the molecule is CC(C)Cc1noc(C(C)NC(=O)N(Cc2ccc3[nH]ccc3c2)C2CC2)n1. The van der Waals surface area contributed by atoms with E-state index < -0.39 is 0 Å². The number of nitrogens with one attached hydrogen (secondary N) is 2. The Kier molecular flexibility index (Phi) is 5.07. The highest BCUT2D eigenvalue weighted by atomic mass is 16.5. The first-order valence-corrected chi connectivity index (χ1v) is 9.95. The molecule has 1 aliphatic rings. The van der Waals surface area contributed by atoms with Gasteiger partial charge in [-0.25, -0.2) is 4.79 Å². The van der Waals surface area contributed by atoms with Crippen LogP contribution in [0.15, 0.2) is 35.0 Å². The number of carbonyl (C=O) groups is 1. The van der Waals surface area contributed by atoms with Crippen LogP contribution in [0.2, 0.25) is 0 Å². The highest BCUT2D eigenvalue weighted by Gasteiger charge is 2.33. The number of H-pyrrole nitrogens is 1. The van der Waals surface area contributed by atoms with E-state index in [-0.39, 0.29) is 12.1 Å². The highest BCUT2D eigenvalue weighted by molar-refractivity contribution is 5.80. The van der Waals surface area contributed by atoms with Crippen LogP contribution in [0.5, 0.6) is 0 Å². The molecule has 3 aromatic rings. The second-order valence-corrected chi connectivity index (χ2v) is 8.08. The molecule has 1 aliphatic carbocycles. The number of urea groups is 1. The summed E-state index contributed by atoms with van der Waals surface area (Å²) in [6, 6.07) is 8.20. The van der Waals surface area contributed by atoms with Crippen LogP contribution in [-0.4, -0.2) is 32.1 Å². The lowest BCUT2D eigenvalue weighted by Crippen LogP contribution is -2.42. The van der Waals surface area contributed by atoms with Gasteiger partial charge in [0.2, 0.25) is 5.89 Å². The van der Waals surface area contributed by atoms with E-state index in [9.17, 15) is 4.79 Å². The Labute approximate surface area is 164 Å². The van der Waals surface area contributed by atoms with Crippen molar-refractivity contribution >= 4 is 16.9 Å². The van der Waals surface area contributed by atoms with E-state index >= 15 is 0 Å². The summed E-state index contributed by atoms with van der Waals surface area (Å²) < 4.78 is 5.34. The molecule has 28 heavy (non-hydrogen) atoms. The summed E-state index contributed by atoms with van der Waals surface area (Å²) >= 11 is 0. The molecule has 148 valence electrons. The zero-order chi connectivity index (χ0) is 19.7. The van der Waals surface area contributed by atoms with E-state index in [1.807, 2.05) is 24.1 Å². The monoisotopic (exact) mass is 381 g/mol. The summed E-state index contributed by atoms with van der Waals surface area (Å²) in [6.45, 7) is 6.69. The molecule has 1 fully saturated rings. The van der Waals surface area contributed by atoms with Crippen LogP contribution in [0.1, 0.15) is 56.9 Å². The second-order valence-electron chi connectivity index (χ2n) is 8.08. The summed E-state index contributed by atoms with van der Waals surface area (Å²) in [6.07, 6.45) is 4.79. The Balaban J connectivity index is 1.42. The number of rotatable bonds is 7. The first kappa shape index (κ1) is 18.5. The smallest absolute Gasteiger partial charge is 0.318 e. The van der Waals surface area contributed by atoms with Crippen molar-refractivity contribution in [1.29, 1.82) is 0 Å². The molecule has 7 heteroatoms. The molecule has 7 nitrogen and oxygen atoms in total. The molecular formula is C21H27N5O2. The van der Waals surface area contributed by atoms with Crippen LogP contribution < -0.4 is 5.32 Å². The fraction of sp³-hybridized carbons (Fsp3) is 0.476. The summed E-state index contributed by atoms with van der Waals surface area (Å²) in [5.41, 5.74) is 2.23. The largest absolute Gasteiger partial charge is 0.361 e. The van der Waals surface area contributed by atoms with Crippen molar-refractivity contribution in [3.05, 3.63) is 47.7 Å². The van der Waals surface area contributed by atoms with Crippen LogP contribution in [-0.2, 0) is 13.0 Å². The molecule has 2 heterocycles. The van der Waals surface area contributed by atoms with Gasteiger partial charge in [0.05, 0.1) is 0 Å². The molecule has 0 spiro atoms. The van der Waals surface area contributed by atoms with Crippen molar-refractivity contribution < 1.29 is 9.32 Å². The first-order chi connectivity index (χ1) is 13.5. The number of nitrogens with zero attached hydrogens (tertiary/aromatic N) is 3. The fourth-order valence-electron chi connectivity index (χ4n) is 3.37. The number of carbonyl (C=O) groups excluding carboxylic acids is 1. The molecule has 2 amide bonds. The van der Waals surface area contributed by atoms with Crippen LogP contribution in [0.3, 0.4) is 0 Å². The minimum Gasteiger partial charge on any atom is -0.361 e. The van der Waals surface area contributed by atoms with E-state index in [0.717, 1.165) is 35.7 Å². The minimum atomic E-state index is -0.325. The predicted molar refractivity (Wildman–Crippen MR) is 107 cm³/mol. The molecule has 1 aromatic carbocycles. The summed E-state index contributed by atoms with van der Waals surface area (Å²) in [5, 5.41) is 8.19. The van der Waals surface area contributed by atoms with Gasteiger partial charge in [-0.05, 0) is 54.8 Å². The van der Waals surface area contributed by atoms with Crippen molar-refractivity contribution in [3.8, 4) is 0 Å². The normalized spacial score (nSPS) is 15.1. The molecule has 1 atom stereocenters. The molecule has 4 rings (SSSR count). The van der Waals surface area contributed by atoms with Crippen molar-refractivity contribution in [2.45, 2.75) is 58.7 Å². The molecule has 2 aromatic heterocycles. The van der Waals surface area contributed by atoms with Crippen LogP contribution in [0.25, 0.3) is 10.9 Å². The van der Waals surface area contributed by atoms with Crippen LogP contribution in [0.4, 0.5) is 4.79 Å². The quantitative estimate of drug-likeness (QED) is 0.642. The maximum absolute atomic E-state index is 12.9. The van der Waals surface area contributed by atoms with E-state index in [0.29, 0.717) is 30.2 Å². The van der Waals surface area contributed by atoms with Crippen molar-refractivity contribution in [3.63, 3.8) is 0 Å². The van der Waals surface area contributed by atoms with E-state index in [4.69, 9.17) is 4.52 Å². The topological polar surface area (TPSA) is 87.0 Å². The third-order valence-electron chi connectivity index (χ3n) is 5.00. The number of amides is 2. The first-order valence-electron chi connectivity index (χ1n) is 9.95. The number of fused-ring (bicyclic) bond motifs is 1. The zero-order valence-electron chi connectivity index (χ0n) is 16.6. The van der Waals surface area contributed by atoms with E-state index in [1.54, 1.807) is 0 Å². The second kappa shape index (κ2) is 7.66. The van der Waals surface area contributed by atoms with Gasteiger partial charge >= 0.3 is 6.03 Å². The van der Waals surface area contributed by atoms with Gasteiger partial charge in [-0.3, -0.25) is 0 Å². The molecule has 0 aliphatic heterocycles. The van der Waals surface area contributed by atoms with E-state index in [1.165, 1.54) is 0 Å². The van der Waals surface area contributed by atoms with Gasteiger partial charge in [-0.1, -0.05) is 25.1 Å². The third kappa shape index (κ3) is 4.18. The maximum atomic E-state index is 12.9. The van der Waals surface area contributed by atoms with Crippen molar-refractivity contribution in [1.82, 2.24) is 25.3 Å². The standard InChI is InChI=1S/C21H27N5O2/c1-13(2)10-19-24-20(28-25-19)14(3)23-21(27)26(17-5-6-17)12-15-4-7-18-16(11-15)8-9-22-18/h4,7-9,11,13-14,17,22H,5-6,10,12H2,1-3H3,(H,23,27). The Morgan fingerprint density at radius 1 is 1.32 bits per heavy atom. The number of benzene rings is 1. The average molecular weight is 381 g/mol. The van der Waals surface area contributed by atoms with Gasteiger partial charge in [-0.2, -0.15) is 4.98 Å². The van der Waals surface area contributed by atoms with Crippen molar-refractivity contribution in [2.24, 2.45) is 5.92 Å². The summed E-state index contributed by atoms with van der Waals surface area (Å²) in [4.78, 5) is 22.5. The van der Waals surface area contributed by atoms with Gasteiger partial charge in [0.1, 0.15) is 6.04 Å². The number of hydrogen-bond donors (Lipinski definition) is 2. The third-order valence-corrected chi connectivity index (χ3v) is 5.00. The van der Waals surface area contributed by atoms with E-state index in [2.05, 4.69) is 52.5 Å². The maximum Gasteiger partial charge on any atom is 0.318 e. The molecule has 0 bridgehead atoms. The summed E-state index contributed by atoms with van der Waals surface area (Å²) in [5.74, 6) is 1.59. The van der Waals surface area contributed by atoms with Gasteiger partial charge in [0.15, 0.2) is 5.82 Å². The molecule has 0 saturated heterocycles. The molecule has 0 radical (unpaired) electrons. The Morgan fingerprint density at radius 2 is 2.14 bits per heavy atom. The number of hydrogen-bond acceptors (Lipinski definition) is 4. The number of aromatic nitrogens is 3. The Hall–Kier alpha value is -2.83. The molecular weight excluding hydrogens is 354 g/mol. The van der Waals surface area contributed by atoms with Gasteiger partial charge in [0, 0.05) is 30.7 Å². The van der Waals surface area contributed by atoms with Crippen molar-refractivity contribution in [2.75, 3.05) is 0 Å². The highest BCUT2D eigenvalue weighted by Crippen LogP contribution is 2.29. The lowest BCUT2D eigenvalue weighted by atomic mass is 10.1. The summed E-state index contributed by atoms with van der Waals surface area (Å²) in [7, 11) is 0. The fourth-order valence-corrected chi connectivity index (χ4v) is 3.37. The van der Waals surface area contributed by atoms with Gasteiger partial charge in [-0.15, -0.1) is 0 Å². The van der Waals surface area contributed by atoms with Gasteiger partial charge in [0.25, 0.3) is 0 Å². The molecule has 1 saturated carbocycles. The lowest BCUT2D eigenvalue weighted by Gasteiger charge is -2.24. The predicted octanol–water partition coefficient (Wildman–Crippen LogP) is 4.18. The molecule has 2 N–H and O–H groups in total. The average Bonchev–Trinajstić information content (AvgIpc) is 3.19. The van der Waals surface area contributed by atoms with Crippen LogP contribution >= 0.6 is 0 Å². The van der Waals surface area contributed by atoms with Crippen LogP contribution in [0, 0.1) is 5.92 Å². The number of aromatic amines is 1. The zero-order valence-corrected chi connectivity index (χ0v) is 16.6. The van der Waals surface area contributed by atoms with Gasteiger partial charge < -0.3 is 19.7 Å².